The van der Waals surface area contributed by atoms with Gasteiger partial charge in [0, 0.05) is 30.6 Å². The number of amides is 2. The molecule has 0 saturated carbocycles. The maximum absolute atomic E-state index is 12.6. The summed E-state index contributed by atoms with van der Waals surface area (Å²) in [5.41, 5.74) is 3.08. The Labute approximate surface area is 139 Å². The van der Waals surface area contributed by atoms with Gasteiger partial charge in [0.15, 0.2) is 0 Å². The second-order valence-electron chi connectivity index (χ2n) is 6.68. The Hall–Kier alpha value is -1.84. The van der Waals surface area contributed by atoms with E-state index in [1.165, 1.54) is 5.56 Å². The molecule has 0 radical (unpaired) electrons. The number of carbonyl (C=O) groups is 2. The van der Waals surface area contributed by atoms with Gasteiger partial charge in [-0.15, -0.1) is 0 Å². The number of piperidine rings is 1. The van der Waals surface area contributed by atoms with Gasteiger partial charge in [-0.3, -0.25) is 9.59 Å². The smallest absolute Gasteiger partial charge is 0.253 e. The molecule has 23 heavy (non-hydrogen) atoms. The predicted molar refractivity (Wildman–Crippen MR) is 92.4 cm³/mol. The molecule has 1 aromatic rings. The molecule has 0 bridgehead atoms. The van der Waals surface area contributed by atoms with Crippen LogP contribution in [0.4, 0.5) is 0 Å². The van der Waals surface area contributed by atoms with Crippen LogP contribution in [-0.4, -0.2) is 35.8 Å². The van der Waals surface area contributed by atoms with Crippen molar-refractivity contribution in [3.05, 3.63) is 34.9 Å². The molecule has 1 saturated heterocycles. The molecule has 1 aliphatic rings. The van der Waals surface area contributed by atoms with Crippen molar-refractivity contribution >= 4 is 11.8 Å². The van der Waals surface area contributed by atoms with Gasteiger partial charge >= 0.3 is 0 Å². The highest BCUT2D eigenvalue weighted by Gasteiger charge is 2.28. The van der Waals surface area contributed by atoms with Crippen molar-refractivity contribution in [2.75, 3.05) is 13.1 Å². The minimum atomic E-state index is 0.0350. The third-order valence-corrected chi connectivity index (χ3v) is 4.91. The number of nitrogens with zero attached hydrogens (tertiary/aromatic N) is 1. The van der Waals surface area contributed by atoms with Crippen LogP contribution in [0.15, 0.2) is 18.2 Å². The van der Waals surface area contributed by atoms with Crippen molar-refractivity contribution in [1.82, 2.24) is 10.2 Å². The molecule has 1 aliphatic heterocycles. The fourth-order valence-electron chi connectivity index (χ4n) is 2.86. The van der Waals surface area contributed by atoms with Crippen LogP contribution in [0.25, 0.3) is 0 Å². The maximum atomic E-state index is 12.6. The lowest BCUT2D eigenvalue weighted by Gasteiger charge is -2.32. The summed E-state index contributed by atoms with van der Waals surface area (Å²) in [6.45, 7) is 9.48. The van der Waals surface area contributed by atoms with Crippen LogP contribution in [0.5, 0.6) is 0 Å². The van der Waals surface area contributed by atoms with Crippen molar-refractivity contribution < 1.29 is 9.59 Å². The summed E-state index contributed by atoms with van der Waals surface area (Å²) in [7, 11) is 0. The molecule has 0 aromatic heterocycles. The minimum absolute atomic E-state index is 0.0350. The number of likely N-dealkylation sites (tertiary alicyclic amines) is 1. The van der Waals surface area contributed by atoms with Gasteiger partial charge < -0.3 is 10.2 Å². The van der Waals surface area contributed by atoms with E-state index in [0.717, 1.165) is 30.4 Å². The largest absolute Gasteiger partial charge is 0.353 e. The zero-order valence-corrected chi connectivity index (χ0v) is 14.7. The van der Waals surface area contributed by atoms with Crippen LogP contribution in [0.2, 0.25) is 0 Å². The molecule has 1 heterocycles. The number of hydrogen-bond acceptors (Lipinski definition) is 2. The summed E-state index contributed by atoms with van der Waals surface area (Å²) in [6.07, 6.45) is 2.44. The van der Waals surface area contributed by atoms with Crippen molar-refractivity contribution in [2.45, 2.75) is 53.0 Å². The Morgan fingerprint density at radius 2 is 1.87 bits per heavy atom. The van der Waals surface area contributed by atoms with E-state index in [-0.39, 0.29) is 23.8 Å². The second kappa shape index (κ2) is 7.62. The fourth-order valence-corrected chi connectivity index (χ4v) is 2.86. The van der Waals surface area contributed by atoms with Gasteiger partial charge in [-0.1, -0.05) is 13.0 Å². The molecule has 0 spiro atoms. The van der Waals surface area contributed by atoms with Gasteiger partial charge in [0.25, 0.3) is 5.91 Å². The average Bonchev–Trinajstić information content (AvgIpc) is 2.56. The molecule has 1 fully saturated rings. The van der Waals surface area contributed by atoms with E-state index in [2.05, 4.69) is 12.2 Å². The summed E-state index contributed by atoms with van der Waals surface area (Å²) in [4.78, 5) is 26.6. The number of hydrogen-bond donors (Lipinski definition) is 1. The van der Waals surface area contributed by atoms with E-state index >= 15 is 0 Å². The standard InChI is InChI=1S/C19H28N2O2/c1-5-15(4)20-18(22)16-8-10-21(11-9-16)19(23)17-7-6-13(2)14(3)12-17/h6-7,12,15-16H,5,8-11H2,1-4H3,(H,20,22). The predicted octanol–water partition coefficient (Wildman–Crippen LogP) is 3.07. The molecular formula is C19H28N2O2. The number of nitrogens with one attached hydrogen (secondary N) is 1. The van der Waals surface area contributed by atoms with Crippen LogP contribution in [-0.2, 0) is 4.79 Å². The van der Waals surface area contributed by atoms with E-state index in [9.17, 15) is 9.59 Å². The van der Waals surface area contributed by atoms with Crippen molar-refractivity contribution in [3.8, 4) is 0 Å². The molecule has 1 unspecified atom stereocenters. The van der Waals surface area contributed by atoms with Gasteiger partial charge in [-0.2, -0.15) is 0 Å². The lowest BCUT2D eigenvalue weighted by molar-refractivity contribution is -0.126. The van der Waals surface area contributed by atoms with Crippen molar-refractivity contribution in [1.29, 1.82) is 0 Å². The molecule has 0 aliphatic carbocycles. The van der Waals surface area contributed by atoms with E-state index < -0.39 is 0 Å². The monoisotopic (exact) mass is 316 g/mol. The third kappa shape index (κ3) is 4.34. The zero-order chi connectivity index (χ0) is 17.0. The van der Waals surface area contributed by atoms with Gasteiger partial charge in [0.05, 0.1) is 0 Å². The Morgan fingerprint density at radius 3 is 2.43 bits per heavy atom. The first-order chi connectivity index (χ1) is 10.9. The van der Waals surface area contributed by atoms with E-state index in [0.29, 0.717) is 13.1 Å². The van der Waals surface area contributed by atoms with E-state index in [4.69, 9.17) is 0 Å². The fraction of sp³-hybridized carbons (Fsp3) is 0.579. The Bertz CT molecular complexity index is 575. The first-order valence-electron chi connectivity index (χ1n) is 8.59. The number of benzene rings is 1. The molecule has 126 valence electrons. The Morgan fingerprint density at radius 1 is 1.22 bits per heavy atom. The Kier molecular flexibility index (Phi) is 5.80. The maximum Gasteiger partial charge on any atom is 0.253 e. The van der Waals surface area contributed by atoms with Gasteiger partial charge in [0.1, 0.15) is 0 Å². The van der Waals surface area contributed by atoms with Crippen LogP contribution in [0, 0.1) is 19.8 Å². The number of aryl methyl sites for hydroxylation is 2. The molecule has 4 nitrogen and oxygen atoms in total. The molecular weight excluding hydrogens is 288 g/mol. The minimum Gasteiger partial charge on any atom is -0.353 e. The Balaban J connectivity index is 1.92. The second-order valence-corrected chi connectivity index (χ2v) is 6.68. The highest BCUT2D eigenvalue weighted by Crippen LogP contribution is 2.20. The summed E-state index contributed by atoms with van der Waals surface area (Å²) >= 11 is 0. The lowest BCUT2D eigenvalue weighted by Crippen LogP contribution is -2.44. The topological polar surface area (TPSA) is 49.4 Å². The van der Waals surface area contributed by atoms with E-state index in [1.54, 1.807) is 0 Å². The summed E-state index contributed by atoms with van der Waals surface area (Å²) < 4.78 is 0. The SMILES string of the molecule is CCC(C)NC(=O)C1CCN(C(=O)c2ccc(C)c(C)c2)CC1. The van der Waals surface area contributed by atoms with Crippen LogP contribution in [0.1, 0.15) is 54.6 Å². The van der Waals surface area contributed by atoms with Crippen molar-refractivity contribution in [2.24, 2.45) is 5.92 Å². The molecule has 2 rings (SSSR count). The molecule has 2 amide bonds. The lowest BCUT2D eigenvalue weighted by atomic mass is 9.94. The van der Waals surface area contributed by atoms with Crippen LogP contribution in [0.3, 0.4) is 0 Å². The third-order valence-electron chi connectivity index (χ3n) is 4.91. The normalized spacial score (nSPS) is 17.0. The number of rotatable bonds is 4. The molecule has 1 N–H and O–H groups in total. The first-order valence-corrected chi connectivity index (χ1v) is 8.59. The quantitative estimate of drug-likeness (QED) is 0.928. The first kappa shape index (κ1) is 17.5. The molecule has 4 heteroatoms. The van der Waals surface area contributed by atoms with Crippen molar-refractivity contribution in [3.63, 3.8) is 0 Å². The van der Waals surface area contributed by atoms with E-state index in [1.807, 2.05) is 43.9 Å². The van der Waals surface area contributed by atoms with Gasteiger partial charge in [-0.05, 0) is 63.3 Å². The molecule has 1 atom stereocenters. The summed E-state index contributed by atoms with van der Waals surface area (Å²) in [5, 5.41) is 3.05. The van der Waals surface area contributed by atoms with Crippen LogP contribution < -0.4 is 5.32 Å². The highest BCUT2D eigenvalue weighted by atomic mass is 16.2. The summed E-state index contributed by atoms with van der Waals surface area (Å²) in [5.74, 6) is 0.249. The number of carbonyl (C=O) groups excluding carboxylic acids is 2. The zero-order valence-electron chi connectivity index (χ0n) is 14.7. The summed E-state index contributed by atoms with van der Waals surface area (Å²) in [6, 6.07) is 6.07. The van der Waals surface area contributed by atoms with Gasteiger partial charge in [0.2, 0.25) is 5.91 Å². The molecule has 1 aromatic carbocycles. The van der Waals surface area contributed by atoms with Crippen LogP contribution >= 0.6 is 0 Å². The van der Waals surface area contributed by atoms with Gasteiger partial charge in [-0.25, -0.2) is 0 Å². The highest BCUT2D eigenvalue weighted by molar-refractivity contribution is 5.94. The average molecular weight is 316 g/mol.